The molecule has 0 fully saturated rings. The Bertz CT molecular complexity index is 291. The van der Waals surface area contributed by atoms with E-state index in [0.29, 0.717) is 5.75 Å². The highest BCUT2D eigenvalue weighted by molar-refractivity contribution is 8.55. The number of amides is 1. The van der Waals surface area contributed by atoms with Gasteiger partial charge in [-0.2, -0.15) is 0 Å². The highest BCUT2D eigenvalue weighted by Crippen LogP contribution is 2.59. The molecule has 1 atom stereocenters. The van der Waals surface area contributed by atoms with Gasteiger partial charge in [0.25, 0.3) is 0 Å². The van der Waals surface area contributed by atoms with Crippen molar-refractivity contribution in [2.75, 3.05) is 38.5 Å². The molecule has 0 aromatic carbocycles. The molecule has 0 aromatic rings. The van der Waals surface area contributed by atoms with Crippen LogP contribution in [-0.2, 0) is 29.2 Å². The van der Waals surface area contributed by atoms with Crippen molar-refractivity contribution >= 4 is 34.9 Å². The fourth-order valence-corrected chi connectivity index (χ4v) is 4.89. The third kappa shape index (κ3) is 6.65. The first-order valence-electron chi connectivity index (χ1n) is 4.39. The minimum absolute atomic E-state index is 0.0404. The number of hydrogen-bond acceptors (Lipinski definition) is 6. The van der Waals surface area contributed by atoms with Crippen molar-refractivity contribution in [3.63, 3.8) is 0 Å². The number of hydrogen-bond donors (Lipinski definition) is 1. The second-order valence-corrected chi connectivity index (χ2v) is 8.59. The largest absolute Gasteiger partial charge is 0.388 e. The molecule has 0 aliphatic heterocycles. The van der Waals surface area contributed by atoms with Crippen LogP contribution in [0.3, 0.4) is 0 Å². The van der Waals surface area contributed by atoms with E-state index < -0.39 is 17.6 Å². The molecule has 0 aromatic heterocycles. The first kappa shape index (κ1) is 16.1. The van der Waals surface area contributed by atoms with Gasteiger partial charge in [-0.1, -0.05) is 0 Å². The standard InChI is InChI=1S/C7H16NO5PS2/c1-8-7(9)6-16(11)5-4-15-14(10,12-2)13-3/h4-6H2,1-3H3,(H,8,9). The van der Waals surface area contributed by atoms with Crippen LogP contribution in [0, 0.1) is 0 Å². The van der Waals surface area contributed by atoms with Crippen LogP contribution < -0.4 is 5.32 Å². The summed E-state index contributed by atoms with van der Waals surface area (Å²) < 4.78 is 32.3. The van der Waals surface area contributed by atoms with E-state index in [1.165, 1.54) is 21.3 Å². The molecule has 9 heteroatoms. The molecule has 0 bridgehead atoms. The Morgan fingerprint density at radius 3 is 2.44 bits per heavy atom. The molecular weight excluding hydrogens is 273 g/mol. The van der Waals surface area contributed by atoms with Gasteiger partial charge in [0, 0.05) is 43.6 Å². The van der Waals surface area contributed by atoms with E-state index in [-0.39, 0.29) is 17.4 Å². The summed E-state index contributed by atoms with van der Waals surface area (Å²) in [6.45, 7) is -3.10. The molecule has 0 saturated carbocycles. The van der Waals surface area contributed by atoms with Gasteiger partial charge in [0.2, 0.25) is 5.91 Å². The summed E-state index contributed by atoms with van der Waals surface area (Å²) in [4.78, 5) is 10.9. The predicted octanol–water partition coefficient (Wildman–Crippen LogP) is 0.615. The van der Waals surface area contributed by atoms with Crippen LogP contribution in [0.15, 0.2) is 0 Å². The van der Waals surface area contributed by atoms with Crippen LogP contribution in [0.25, 0.3) is 0 Å². The second kappa shape index (κ2) is 8.25. The van der Waals surface area contributed by atoms with Gasteiger partial charge in [-0.25, -0.2) is 4.57 Å². The lowest BCUT2D eigenvalue weighted by atomic mass is 10.7. The molecule has 0 heterocycles. The summed E-state index contributed by atoms with van der Waals surface area (Å²) in [6.07, 6.45) is 0. The Kier molecular flexibility index (Phi) is 8.31. The van der Waals surface area contributed by atoms with Crippen molar-refractivity contribution < 1.29 is 22.6 Å². The van der Waals surface area contributed by atoms with Gasteiger partial charge in [-0.05, 0) is 11.4 Å². The summed E-state index contributed by atoms with van der Waals surface area (Å²) in [5.74, 6) is 0.309. The quantitative estimate of drug-likeness (QED) is 0.660. The van der Waals surface area contributed by atoms with Crippen molar-refractivity contribution in [3.05, 3.63) is 0 Å². The van der Waals surface area contributed by atoms with Crippen molar-refractivity contribution in [2.24, 2.45) is 0 Å². The van der Waals surface area contributed by atoms with Crippen molar-refractivity contribution in [1.29, 1.82) is 0 Å². The summed E-state index contributed by atoms with van der Waals surface area (Å²) in [5, 5.41) is 2.38. The van der Waals surface area contributed by atoms with Gasteiger partial charge in [-0.3, -0.25) is 9.00 Å². The Morgan fingerprint density at radius 1 is 1.44 bits per heavy atom. The Hall–Kier alpha value is 0.120. The maximum Gasteiger partial charge on any atom is 0.388 e. The van der Waals surface area contributed by atoms with E-state index >= 15 is 0 Å². The third-order valence-corrected chi connectivity index (χ3v) is 7.07. The predicted molar refractivity (Wildman–Crippen MR) is 66.0 cm³/mol. The van der Waals surface area contributed by atoms with Gasteiger partial charge < -0.3 is 14.4 Å². The van der Waals surface area contributed by atoms with Gasteiger partial charge in [-0.15, -0.1) is 0 Å². The first-order valence-corrected chi connectivity index (χ1v) is 9.01. The SMILES string of the molecule is CNC(=O)CS(=O)CCSP(=O)(OC)OC. The Morgan fingerprint density at radius 2 is 2.00 bits per heavy atom. The lowest BCUT2D eigenvalue weighted by molar-refractivity contribution is -0.118. The number of rotatable bonds is 8. The summed E-state index contributed by atoms with van der Waals surface area (Å²) >= 11 is 0.973. The summed E-state index contributed by atoms with van der Waals surface area (Å²) in [7, 11) is 2.81. The molecule has 0 radical (unpaired) electrons. The Balaban J connectivity index is 3.86. The molecule has 0 aliphatic rings. The zero-order valence-electron chi connectivity index (χ0n) is 9.43. The second-order valence-electron chi connectivity index (χ2n) is 2.61. The molecule has 16 heavy (non-hydrogen) atoms. The van der Waals surface area contributed by atoms with Gasteiger partial charge in [0.15, 0.2) is 0 Å². The lowest BCUT2D eigenvalue weighted by Gasteiger charge is -2.11. The molecular formula is C7H16NO5PS2. The van der Waals surface area contributed by atoms with Crippen LogP contribution >= 0.6 is 18.2 Å². The van der Waals surface area contributed by atoms with E-state index in [1.54, 1.807) is 0 Å². The van der Waals surface area contributed by atoms with E-state index in [4.69, 9.17) is 0 Å². The fraction of sp³-hybridized carbons (Fsp3) is 0.857. The van der Waals surface area contributed by atoms with Crippen LogP contribution in [0.1, 0.15) is 0 Å². The highest BCUT2D eigenvalue weighted by atomic mass is 32.7. The molecule has 1 unspecified atom stereocenters. The van der Waals surface area contributed by atoms with E-state index in [9.17, 15) is 13.6 Å². The van der Waals surface area contributed by atoms with Crippen LogP contribution in [0.5, 0.6) is 0 Å². The fourth-order valence-electron chi connectivity index (χ4n) is 0.713. The van der Waals surface area contributed by atoms with Crippen molar-refractivity contribution in [2.45, 2.75) is 0 Å². The van der Waals surface area contributed by atoms with E-state index in [1.807, 2.05) is 0 Å². The van der Waals surface area contributed by atoms with Crippen LogP contribution in [0.2, 0.25) is 0 Å². The maximum absolute atomic E-state index is 11.6. The minimum Gasteiger partial charge on any atom is -0.358 e. The van der Waals surface area contributed by atoms with Crippen molar-refractivity contribution in [1.82, 2.24) is 5.32 Å². The molecule has 6 nitrogen and oxygen atoms in total. The monoisotopic (exact) mass is 289 g/mol. The zero-order chi connectivity index (χ0) is 12.6. The topological polar surface area (TPSA) is 81.7 Å². The van der Waals surface area contributed by atoms with Gasteiger partial charge in [0.1, 0.15) is 5.75 Å². The van der Waals surface area contributed by atoms with Crippen LogP contribution in [0.4, 0.5) is 0 Å². The molecule has 0 spiro atoms. The van der Waals surface area contributed by atoms with Gasteiger partial charge >= 0.3 is 6.80 Å². The third-order valence-electron chi connectivity index (χ3n) is 1.58. The number of carbonyl (C=O) groups excluding carboxylic acids is 1. The van der Waals surface area contributed by atoms with Crippen LogP contribution in [-0.4, -0.2) is 48.6 Å². The lowest BCUT2D eigenvalue weighted by Crippen LogP contribution is -2.25. The van der Waals surface area contributed by atoms with E-state index in [0.717, 1.165) is 11.4 Å². The highest BCUT2D eigenvalue weighted by Gasteiger charge is 2.21. The smallest absolute Gasteiger partial charge is 0.358 e. The minimum atomic E-state index is -3.10. The average molecular weight is 289 g/mol. The van der Waals surface area contributed by atoms with Gasteiger partial charge in [0.05, 0.1) is 0 Å². The average Bonchev–Trinajstić information content (AvgIpc) is 2.28. The maximum atomic E-state index is 11.6. The van der Waals surface area contributed by atoms with Crippen molar-refractivity contribution in [3.8, 4) is 0 Å². The first-order chi connectivity index (χ1) is 7.47. The molecule has 1 amide bonds. The molecule has 96 valence electrons. The summed E-state index contributed by atoms with van der Waals surface area (Å²) in [5.41, 5.74) is 0. The molecule has 1 N–H and O–H groups in total. The summed E-state index contributed by atoms with van der Waals surface area (Å²) in [6, 6.07) is 0. The number of carbonyl (C=O) groups is 1. The molecule has 0 aliphatic carbocycles. The zero-order valence-corrected chi connectivity index (χ0v) is 12.0. The Labute approximate surface area is 102 Å². The molecule has 0 saturated heterocycles. The number of nitrogens with one attached hydrogen (secondary N) is 1. The molecule has 0 rings (SSSR count). The normalized spacial score (nSPS) is 13.4. The van der Waals surface area contributed by atoms with E-state index in [2.05, 4.69) is 14.4 Å².